The molecule has 0 spiro atoms. The smallest absolute Gasteiger partial charge is 0.410 e. The monoisotopic (exact) mass is 511 g/mol. The zero-order valence-electron chi connectivity index (χ0n) is 22.5. The fraction of sp³-hybridized carbons (Fsp3) is 0.615. The first-order valence-corrected chi connectivity index (χ1v) is 12.9. The summed E-state index contributed by atoms with van der Waals surface area (Å²) in [6.45, 7) is 13.6. The Hall–Kier alpha value is -3.50. The summed E-state index contributed by atoms with van der Waals surface area (Å²) >= 11 is 0. The molecule has 2 aromatic heterocycles. The molecule has 0 saturated carbocycles. The lowest BCUT2D eigenvalue weighted by molar-refractivity contribution is 0.0119. The molecule has 4 rings (SSSR count). The molecular weight excluding hydrogens is 474 g/mol. The van der Waals surface area contributed by atoms with E-state index >= 15 is 0 Å². The number of nitrogens with one attached hydrogen (secondary N) is 1. The number of aromatic nitrogens is 4. The third-order valence-electron chi connectivity index (χ3n) is 6.35. The Kier molecular flexibility index (Phi) is 8.09. The molecule has 1 saturated heterocycles. The molecule has 2 atom stereocenters. The molecule has 1 unspecified atom stereocenters. The first-order chi connectivity index (χ1) is 17.6. The lowest BCUT2D eigenvalue weighted by Gasteiger charge is -2.33. The quantitative estimate of drug-likeness (QED) is 0.581. The standard InChI is InChI=1S/C26H37N7O4/c1-16(2)20-15-35-32-22(20)21-7-10-27-23(31-21)30-17(3)18-13-28-24(29-14-18)36-19-8-11-33(12-9-19)25(34)37-26(4,5)6/h7,10,13-14,16-17,19-20H,8-9,11-12,15H2,1-6H3,(H,27,30,31)/t17?,20-/m0/s1. The second-order valence-corrected chi connectivity index (χ2v) is 10.8. The summed E-state index contributed by atoms with van der Waals surface area (Å²) in [7, 11) is 0. The topological polar surface area (TPSA) is 124 Å². The van der Waals surface area contributed by atoms with Gasteiger partial charge in [-0.2, -0.15) is 0 Å². The van der Waals surface area contributed by atoms with Crippen molar-refractivity contribution in [2.45, 2.75) is 72.1 Å². The number of anilines is 1. The zero-order chi connectivity index (χ0) is 26.6. The third kappa shape index (κ3) is 7.05. The van der Waals surface area contributed by atoms with Crippen LogP contribution in [0.4, 0.5) is 10.7 Å². The van der Waals surface area contributed by atoms with Crippen LogP contribution < -0.4 is 10.1 Å². The van der Waals surface area contributed by atoms with Crippen LogP contribution in [-0.4, -0.2) is 68.0 Å². The Bertz CT molecular complexity index is 1090. The maximum Gasteiger partial charge on any atom is 0.410 e. The number of hydrogen-bond acceptors (Lipinski definition) is 10. The predicted molar refractivity (Wildman–Crippen MR) is 138 cm³/mol. The molecular formula is C26H37N7O4. The maximum absolute atomic E-state index is 12.2. The summed E-state index contributed by atoms with van der Waals surface area (Å²) in [5.41, 5.74) is 1.99. The van der Waals surface area contributed by atoms with Crippen molar-refractivity contribution in [3.05, 3.63) is 35.9 Å². The zero-order valence-corrected chi connectivity index (χ0v) is 22.5. The van der Waals surface area contributed by atoms with E-state index in [2.05, 4.69) is 44.3 Å². The normalized spacial score (nSPS) is 19.3. The SMILES string of the molecule is CC(Nc1nccc(C2=NOC[C@H]2C(C)C)n1)c1cnc(OC2CCN(C(=O)OC(C)(C)C)CC2)nc1. The van der Waals surface area contributed by atoms with Gasteiger partial charge in [0.05, 0.1) is 11.7 Å². The molecule has 37 heavy (non-hydrogen) atoms. The second-order valence-electron chi connectivity index (χ2n) is 10.8. The van der Waals surface area contributed by atoms with Gasteiger partial charge in [0.15, 0.2) is 0 Å². The van der Waals surface area contributed by atoms with E-state index in [9.17, 15) is 4.79 Å². The highest BCUT2D eigenvalue weighted by atomic mass is 16.6. The van der Waals surface area contributed by atoms with Gasteiger partial charge in [-0.25, -0.2) is 24.7 Å². The summed E-state index contributed by atoms with van der Waals surface area (Å²) < 4.78 is 11.4. The number of piperidine rings is 1. The van der Waals surface area contributed by atoms with E-state index in [1.165, 1.54) is 0 Å². The van der Waals surface area contributed by atoms with Crippen LogP contribution in [-0.2, 0) is 9.57 Å². The lowest BCUT2D eigenvalue weighted by atomic mass is 9.90. The number of rotatable bonds is 7. The highest BCUT2D eigenvalue weighted by molar-refractivity contribution is 6.01. The Balaban J connectivity index is 1.29. The fourth-order valence-electron chi connectivity index (χ4n) is 4.17. The molecule has 2 aromatic rings. The van der Waals surface area contributed by atoms with Crippen LogP contribution in [0.15, 0.2) is 29.8 Å². The Morgan fingerprint density at radius 2 is 1.84 bits per heavy atom. The van der Waals surface area contributed by atoms with Crippen molar-refractivity contribution in [3.8, 4) is 6.01 Å². The van der Waals surface area contributed by atoms with E-state index in [1.54, 1.807) is 23.5 Å². The minimum atomic E-state index is -0.503. The molecule has 0 aliphatic carbocycles. The molecule has 0 aromatic carbocycles. The summed E-state index contributed by atoms with van der Waals surface area (Å²) in [6.07, 6.45) is 6.26. The van der Waals surface area contributed by atoms with Gasteiger partial charge in [0.1, 0.15) is 24.0 Å². The molecule has 4 heterocycles. The molecule has 11 heteroatoms. The van der Waals surface area contributed by atoms with Crippen LogP contribution in [0.3, 0.4) is 0 Å². The van der Waals surface area contributed by atoms with Crippen molar-refractivity contribution in [2.75, 3.05) is 25.0 Å². The molecule has 1 N–H and O–H groups in total. The molecule has 0 bridgehead atoms. The maximum atomic E-state index is 12.2. The van der Waals surface area contributed by atoms with Gasteiger partial charge in [0, 0.05) is 56.0 Å². The lowest BCUT2D eigenvalue weighted by Crippen LogP contribution is -2.44. The summed E-state index contributed by atoms with van der Waals surface area (Å²) in [4.78, 5) is 37.1. The van der Waals surface area contributed by atoms with E-state index < -0.39 is 5.60 Å². The minimum absolute atomic E-state index is 0.0478. The van der Waals surface area contributed by atoms with E-state index in [0.29, 0.717) is 50.4 Å². The van der Waals surface area contributed by atoms with Gasteiger partial charge < -0.3 is 24.5 Å². The van der Waals surface area contributed by atoms with Crippen LogP contribution in [0.2, 0.25) is 0 Å². The Morgan fingerprint density at radius 1 is 1.14 bits per heavy atom. The molecule has 200 valence electrons. The van der Waals surface area contributed by atoms with Crippen molar-refractivity contribution >= 4 is 17.8 Å². The van der Waals surface area contributed by atoms with Crippen LogP contribution in [0.5, 0.6) is 6.01 Å². The molecule has 11 nitrogen and oxygen atoms in total. The predicted octanol–water partition coefficient (Wildman–Crippen LogP) is 4.22. The average molecular weight is 512 g/mol. The molecule has 2 aliphatic rings. The Morgan fingerprint density at radius 3 is 2.49 bits per heavy atom. The van der Waals surface area contributed by atoms with Gasteiger partial charge >= 0.3 is 12.1 Å². The van der Waals surface area contributed by atoms with Crippen LogP contribution in [0.1, 0.15) is 71.7 Å². The summed E-state index contributed by atoms with van der Waals surface area (Å²) in [5, 5.41) is 7.52. The van der Waals surface area contributed by atoms with Crippen LogP contribution in [0, 0.1) is 11.8 Å². The number of nitrogens with zero attached hydrogens (tertiary/aromatic N) is 6. The summed E-state index contributed by atoms with van der Waals surface area (Å²) in [6, 6.07) is 2.05. The van der Waals surface area contributed by atoms with E-state index in [1.807, 2.05) is 33.8 Å². The van der Waals surface area contributed by atoms with Crippen molar-refractivity contribution in [1.29, 1.82) is 0 Å². The third-order valence-corrected chi connectivity index (χ3v) is 6.35. The fourth-order valence-corrected chi connectivity index (χ4v) is 4.17. The highest BCUT2D eigenvalue weighted by Crippen LogP contribution is 2.24. The Labute approximate surface area is 218 Å². The van der Waals surface area contributed by atoms with Crippen molar-refractivity contribution < 1.29 is 19.1 Å². The van der Waals surface area contributed by atoms with E-state index in [0.717, 1.165) is 17.0 Å². The summed E-state index contributed by atoms with van der Waals surface area (Å²) in [5.74, 6) is 1.12. The van der Waals surface area contributed by atoms with Crippen LogP contribution in [0.25, 0.3) is 0 Å². The molecule has 2 aliphatic heterocycles. The number of carbonyl (C=O) groups excluding carboxylic acids is 1. The first kappa shape index (κ1) is 26.6. The van der Waals surface area contributed by atoms with Crippen molar-refractivity contribution in [1.82, 2.24) is 24.8 Å². The number of amides is 1. The van der Waals surface area contributed by atoms with Gasteiger partial charge in [0.2, 0.25) is 5.95 Å². The van der Waals surface area contributed by atoms with E-state index in [-0.39, 0.29) is 24.2 Å². The van der Waals surface area contributed by atoms with Gasteiger partial charge in [-0.05, 0) is 39.7 Å². The van der Waals surface area contributed by atoms with Gasteiger partial charge in [-0.15, -0.1) is 0 Å². The number of oxime groups is 1. The van der Waals surface area contributed by atoms with Crippen molar-refractivity contribution in [3.63, 3.8) is 0 Å². The second kappa shape index (κ2) is 11.3. The first-order valence-electron chi connectivity index (χ1n) is 12.9. The highest BCUT2D eigenvalue weighted by Gasteiger charge is 2.29. The average Bonchev–Trinajstić information content (AvgIpc) is 3.35. The largest absolute Gasteiger partial charge is 0.460 e. The minimum Gasteiger partial charge on any atom is -0.460 e. The van der Waals surface area contributed by atoms with Crippen LogP contribution >= 0.6 is 0 Å². The number of carbonyl (C=O) groups is 1. The molecule has 1 fully saturated rings. The number of likely N-dealkylation sites (tertiary alicyclic amines) is 1. The van der Waals surface area contributed by atoms with Gasteiger partial charge in [0.25, 0.3) is 0 Å². The number of ether oxygens (including phenoxy) is 2. The van der Waals surface area contributed by atoms with Crippen molar-refractivity contribution in [2.24, 2.45) is 17.0 Å². The van der Waals surface area contributed by atoms with E-state index in [4.69, 9.17) is 14.3 Å². The van der Waals surface area contributed by atoms with Gasteiger partial charge in [-0.3, -0.25) is 0 Å². The molecule has 0 radical (unpaired) electrons. The van der Waals surface area contributed by atoms with Gasteiger partial charge in [-0.1, -0.05) is 19.0 Å². The molecule has 1 amide bonds. The number of hydrogen-bond donors (Lipinski definition) is 1.